The Morgan fingerprint density at radius 1 is 1.40 bits per heavy atom. The number of rotatable bonds is 3. The molecule has 0 spiro atoms. The van der Waals surface area contributed by atoms with Crippen LogP contribution in [0.15, 0.2) is 16.3 Å². The summed E-state index contributed by atoms with van der Waals surface area (Å²) in [4.78, 5) is 11.9. The lowest BCUT2D eigenvalue weighted by Gasteiger charge is -2.16. The van der Waals surface area contributed by atoms with E-state index in [-0.39, 0.29) is 18.5 Å². The fourth-order valence-corrected chi connectivity index (χ4v) is 5.16. The molecule has 5 nitrogen and oxygen atoms in total. The normalized spacial score (nSPS) is 21.2. The van der Waals surface area contributed by atoms with Gasteiger partial charge in [-0.2, -0.15) is 4.31 Å². The average Bonchev–Trinajstić information content (AvgIpc) is 2.98. The standard InChI is InChI=1S/C13H19NO4S2/c1-13(2,3)10-4-5-11(19-10)20(17,18)14-7-6-9(8-14)12(15)16/h4-5,9H,6-8H2,1-3H3,(H,15,16). The smallest absolute Gasteiger partial charge is 0.307 e. The fraction of sp³-hybridized carbons (Fsp3) is 0.615. The fourth-order valence-electron chi connectivity index (χ4n) is 2.14. The first-order valence-corrected chi connectivity index (χ1v) is 8.71. The Morgan fingerprint density at radius 3 is 2.50 bits per heavy atom. The summed E-state index contributed by atoms with van der Waals surface area (Å²) in [6, 6.07) is 3.46. The third-order valence-corrected chi connectivity index (χ3v) is 7.26. The van der Waals surface area contributed by atoms with Gasteiger partial charge in [0.05, 0.1) is 5.92 Å². The van der Waals surface area contributed by atoms with Crippen molar-refractivity contribution < 1.29 is 18.3 Å². The molecule has 1 fully saturated rings. The van der Waals surface area contributed by atoms with Crippen molar-refractivity contribution in [1.29, 1.82) is 0 Å². The first-order chi connectivity index (χ1) is 9.12. The van der Waals surface area contributed by atoms with E-state index in [1.807, 2.05) is 26.8 Å². The van der Waals surface area contributed by atoms with Gasteiger partial charge in [0.1, 0.15) is 4.21 Å². The van der Waals surface area contributed by atoms with E-state index in [0.717, 1.165) is 4.88 Å². The lowest BCUT2D eigenvalue weighted by Crippen LogP contribution is -2.29. The molecule has 1 saturated heterocycles. The molecule has 0 radical (unpaired) electrons. The van der Waals surface area contributed by atoms with Crippen LogP contribution in [0.3, 0.4) is 0 Å². The summed E-state index contributed by atoms with van der Waals surface area (Å²) in [7, 11) is -3.56. The topological polar surface area (TPSA) is 74.7 Å². The number of nitrogens with zero attached hydrogens (tertiary/aromatic N) is 1. The maximum absolute atomic E-state index is 12.5. The summed E-state index contributed by atoms with van der Waals surface area (Å²) >= 11 is 1.27. The van der Waals surface area contributed by atoms with Crippen molar-refractivity contribution in [2.75, 3.05) is 13.1 Å². The molecular formula is C13H19NO4S2. The van der Waals surface area contributed by atoms with Crippen molar-refractivity contribution in [3.8, 4) is 0 Å². The molecule has 1 aliphatic rings. The molecule has 0 saturated carbocycles. The van der Waals surface area contributed by atoms with E-state index in [9.17, 15) is 13.2 Å². The van der Waals surface area contributed by atoms with Gasteiger partial charge in [0.15, 0.2) is 0 Å². The largest absolute Gasteiger partial charge is 0.481 e. The minimum Gasteiger partial charge on any atom is -0.481 e. The first kappa shape index (κ1) is 15.5. The minimum absolute atomic E-state index is 0.0699. The molecule has 0 aromatic carbocycles. The zero-order valence-electron chi connectivity index (χ0n) is 11.8. The lowest BCUT2D eigenvalue weighted by atomic mass is 9.95. The number of carboxylic acids is 1. The third kappa shape index (κ3) is 2.89. The molecule has 20 heavy (non-hydrogen) atoms. The number of carbonyl (C=O) groups is 1. The van der Waals surface area contributed by atoms with Crippen molar-refractivity contribution >= 4 is 27.3 Å². The summed E-state index contributed by atoms with van der Waals surface area (Å²) in [5.41, 5.74) is -0.0902. The van der Waals surface area contributed by atoms with Crippen LogP contribution in [0.1, 0.15) is 32.1 Å². The van der Waals surface area contributed by atoms with Crippen LogP contribution in [0.5, 0.6) is 0 Å². The predicted octanol–water partition coefficient (Wildman–Crippen LogP) is 2.14. The zero-order chi connectivity index (χ0) is 15.1. The Labute approximate surface area is 123 Å². The van der Waals surface area contributed by atoms with Gasteiger partial charge < -0.3 is 5.11 Å². The van der Waals surface area contributed by atoms with Crippen LogP contribution >= 0.6 is 11.3 Å². The second-order valence-corrected chi connectivity index (χ2v) is 9.30. The van der Waals surface area contributed by atoms with Gasteiger partial charge in [0.25, 0.3) is 10.0 Å². The molecule has 2 heterocycles. The van der Waals surface area contributed by atoms with E-state index >= 15 is 0 Å². The molecule has 0 bridgehead atoms. The molecule has 1 N–H and O–H groups in total. The minimum atomic E-state index is -3.56. The molecule has 0 aliphatic carbocycles. The van der Waals surface area contributed by atoms with Crippen LogP contribution in [0, 0.1) is 5.92 Å². The predicted molar refractivity (Wildman–Crippen MR) is 77.5 cm³/mol. The Balaban J connectivity index is 2.24. The van der Waals surface area contributed by atoms with Gasteiger partial charge in [0, 0.05) is 18.0 Å². The summed E-state index contributed by atoms with van der Waals surface area (Å²) in [5.74, 6) is -1.52. The van der Waals surface area contributed by atoms with Gasteiger partial charge in [-0.25, -0.2) is 8.42 Å². The maximum atomic E-state index is 12.5. The summed E-state index contributed by atoms with van der Waals surface area (Å²) < 4.78 is 26.6. The number of aliphatic carboxylic acids is 1. The average molecular weight is 317 g/mol. The van der Waals surface area contributed by atoms with Crippen LogP contribution in [-0.4, -0.2) is 36.9 Å². The number of carboxylic acid groups (broad SMARTS) is 1. The monoisotopic (exact) mass is 317 g/mol. The molecule has 1 atom stereocenters. The Kier molecular flexibility index (Phi) is 3.96. The highest BCUT2D eigenvalue weighted by Crippen LogP contribution is 2.34. The number of thiophene rings is 1. The van der Waals surface area contributed by atoms with E-state index in [2.05, 4.69) is 0 Å². The van der Waals surface area contributed by atoms with E-state index in [4.69, 9.17) is 5.11 Å². The molecular weight excluding hydrogens is 298 g/mol. The van der Waals surface area contributed by atoms with Gasteiger partial charge in [0.2, 0.25) is 0 Å². The molecule has 1 unspecified atom stereocenters. The highest BCUT2D eigenvalue weighted by Gasteiger charge is 2.36. The Morgan fingerprint density at radius 2 is 2.05 bits per heavy atom. The number of hydrogen-bond acceptors (Lipinski definition) is 4. The van der Waals surface area contributed by atoms with Gasteiger partial charge in [-0.15, -0.1) is 11.3 Å². The van der Waals surface area contributed by atoms with E-state index < -0.39 is 21.9 Å². The van der Waals surface area contributed by atoms with Crippen molar-refractivity contribution in [3.05, 3.63) is 17.0 Å². The Hall–Kier alpha value is -0.920. The lowest BCUT2D eigenvalue weighted by molar-refractivity contribution is -0.141. The summed E-state index contributed by atoms with van der Waals surface area (Å²) in [5, 5.41) is 8.96. The number of hydrogen-bond donors (Lipinski definition) is 1. The van der Waals surface area contributed by atoms with Crippen LogP contribution in [0.25, 0.3) is 0 Å². The summed E-state index contributed by atoms with van der Waals surface area (Å²) in [6.07, 6.45) is 0.381. The maximum Gasteiger partial charge on any atom is 0.307 e. The molecule has 1 aromatic heterocycles. The SMILES string of the molecule is CC(C)(C)c1ccc(S(=O)(=O)N2CCC(C(=O)O)C2)s1. The van der Waals surface area contributed by atoms with Crippen molar-refractivity contribution in [1.82, 2.24) is 4.31 Å². The van der Waals surface area contributed by atoms with Gasteiger partial charge in [-0.1, -0.05) is 20.8 Å². The van der Waals surface area contributed by atoms with Crippen LogP contribution in [-0.2, 0) is 20.2 Å². The van der Waals surface area contributed by atoms with E-state index in [1.54, 1.807) is 6.07 Å². The van der Waals surface area contributed by atoms with Crippen LogP contribution in [0.4, 0.5) is 0 Å². The van der Waals surface area contributed by atoms with Crippen LogP contribution < -0.4 is 0 Å². The van der Waals surface area contributed by atoms with Crippen molar-refractivity contribution in [2.24, 2.45) is 5.92 Å². The summed E-state index contributed by atoms with van der Waals surface area (Å²) in [6.45, 7) is 6.45. The number of sulfonamides is 1. The second-order valence-electron chi connectivity index (χ2n) is 6.06. The quantitative estimate of drug-likeness (QED) is 0.927. The van der Waals surface area contributed by atoms with E-state index in [1.165, 1.54) is 15.6 Å². The molecule has 1 aromatic rings. The molecule has 1 aliphatic heterocycles. The first-order valence-electron chi connectivity index (χ1n) is 6.45. The highest BCUT2D eigenvalue weighted by molar-refractivity contribution is 7.91. The van der Waals surface area contributed by atoms with Crippen molar-refractivity contribution in [3.63, 3.8) is 0 Å². The molecule has 2 rings (SSSR count). The van der Waals surface area contributed by atoms with Crippen LogP contribution in [0.2, 0.25) is 0 Å². The zero-order valence-corrected chi connectivity index (χ0v) is 13.4. The van der Waals surface area contributed by atoms with Crippen molar-refractivity contribution in [2.45, 2.75) is 36.8 Å². The third-order valence-electron chi connectivity index (χ3n) is 3.41. The van der Waals surface area contributed by atoms with Gasteiger partial charge >= 0.3 is 5.97 Å². The molecule has 0 amide bonds. The molecule has 7 heteroatoms. The van der Waals surface area contributed by atoms with Gasteiger partial charge in [-0.3, -0.25) is 4.79 Å². The van der Waals surface area contributed by atoms with E-state index in [0.29, 0.717) is 10.6 Å². The highest BCUT2D eigenvalue weighted by atomic mass is 32.2. The molecule has 112 valence electrons. The van der Waals surface area contributed by atoms with Gasteiger partial charge in [-0.05, 0) is 24.0 Å². The second kappa shape index (κ2) is 5.13. The Bertz CT molecular complexity index is 613.